The predicted octanol–water partition coefficient (Wildman–Crippen LogP) is 2.41. The average molecular weight is 289 g/mol. The molecule has 112 valence electrons. The molecule has 1 saturated carbocycles. The zero-order valence-corrected chi connectivity index (χ0v) is 12.2. The quantitative estimate of drug-likeness (QED) is 0.864. The van der Waals surface area contributed by atoms with Gasteiger partial charge in [-0.2, -0.15) is 0 Å². The van der Waals surface area contributed by atoms with Crippen LogP contribution in [0.4, 0.5) is 4.79 Å². The SMILES string of the molecule is COC(=O)NC(c1ccccc1)[C@]1(C(C)=O)CCCC1=O. The highest BCUT2D eigenvalue weighted by atomic mass is 16.5. The molecule has 1 aromatic rings. The summed E-state index contributed by atoms with van der Waals surface area (Å²) >= 11 is 0. The molecule has 0 bridgehead atoms. The fourth-order valence-corrected chi connectivity index (χ4v) is 3.08. The molecule has 0 aromatic heterocycles. The summed E-state index contributed by atoms with van der Waals surface area (Å²) in [5, 5.41) is 2.67. The Kier molecular flexibility index (Phi) is 4.40. The highest BCUT2D eigenvalue weighted by Crippen LogP contribution is 2.46. The van der Waals surface area contributed by atoms with E-state index in [1.165, 1.54) is 14.0 Å². The van der Waals surface area contributed by atoms with Crippen LogP contribution in [0.5, 0.6) is 0 Å². The van der Waals surface area contributed by atoms with Gasteiger partial charge in [-0.1, -0.05) is 30.3 Å². The van der Waals surface area contributed by atoms with Gasteiger partial charge in [0.15, 0.2) is 0 Å². The molecule has 1 aromatic carbocycles. The number of carbonyl (C=O) groups is 3. The Morgan fingerprint density at radius 1 is 1.29 bits per heavy atom. The molecule has 1 unspecified atom stereocenters. The Balaban J connectivity index is 2.49. The van der Waals surface area contributed by atoms with Crippen LogP contribution in [0.3, 0.4) is 0 Å². The van der Waals surface area contributed by atoms with Crippen molar-refractivity contribution in [2.75, 3.05) is 7.11 Å². The second-order valence-electron chi connectivity index (χ2n) is 5.28. The molecule has 1 aliphatic rings. The Morgan fingerprint density at radius 2 is 1.95 bits per heavy atom. The minimum Gasteiger partial charge on any atom is -0.453 e. The number of ketones is 2. The molecule has 0 aliphatic heterocycles. The second-order valence-corrected chi connectivity index (χ2v) is 5.28. The lowest BCUT2D eigenvalue weighted by molar-refractivity contribution is -0.139. The molecule has 21 heavy (non-hydrogen) atoms. The topological polar surface area (TPSA) is 72.5 Å². The molecule has 5 nitrogen and oxygen atoms in total. The van der Waals surface area contributed by atoms with Gasteiger partial charge in [0.05, 0.1) is 13.2 Å². The lowest BCUT2D eigenvalue weighted by atomic mass is 9.72. The number of hydrogen-bond acceptors (Lipinski definition) is 4. The van der Waals surface area contributed by atoms with Crippen molar-refractivity contribution in [2.45, 2.75) is 32.2 Å². The van der Waals surface area contributed by atoms with Gasteiger partial charge in [-0.3, -0.25) is 9.59 Å². The molecule has 0 spiro atoms. The van der Waals surface area contributed by atoms with Crippen molar-refractivity contribution in [1.82, 2.24) is 5.32 Å². The number of Topliss-reactive ketones (excluding diaryl/α,β-unsaturated/α-hetero) is 2. The molecule has 0 radical (unpaired) electrons. The summed E-state index contributed by atoms with van der Waals surface area (Å²) in [6.45, 7) is 1.41. The van der Waals surface area contributed by atoms with Gasteiger partial charge in [0, 0.05) is 6.42 Å². The molecular formula is C16H19NO4. The number of alkyl carbamates (subject to hydrolysis) is 1. The van der Waals surface area contributed by atoms with Gasteiger partial charge in [-0.05, 0) is 25.3 Å². The zero-order valence-electron chi connectivity index (χ0n) is 12.2. The molecule has 1 fully saturated rings. The van der Waals surface area contributed by atoms with E-state index in [1.54, 1.807) is 12.1 Å². The summed E-state index contributed by atoms with van der Waals surface area (Å²) in [5.74, 6) is -0.324. The Bertz CT molecular complexity index is 555. The largest absolute Gasteiger partial charge is 0.453 e. The molecule has 2 rings (SSSR count). The smallest absolute Gasteiger partial charge is 0.407 e. The van der Waals surface area contributed by atoms with Gasteiger partial charge in [0.25, 0.3) is 0 Å². The number of rotatable bonds is 4. The number of methoxy groups -OCH3 is 1. The maximum atomic E-state index is 12.4. The number of hydrogen-bond donors (Lipinski definition) is 1. The molecule has 1 aliphatic carbocycles. The van der Waals surface area contributed by atoms with Crippen molar-refractivity contribution < 1.29 is 19.1 Å². The van der Waals surface area contributed by atoms with Crippen LogP contribution in [0.25, 0.3) is 0 Å². The van der Waals surface area contributed by atoms with Crippen LogP contribution in [0, 0.1) is 5.41 Å². The summed E-state index contributed by atoms with van der Waals surface area (Å²) in [6.07, 6.45) is 0.824. The van der Waals surface area contributed by atoms with Gasteiger partial charge in [-0.15, -0.1) is 0 Å². The maximum absolute atomic E-state index is 12.4. The van der Waals surface area contributed by atoms with E-state index in [0.717, 1.165) is 5.56 Å². The molecule has 2 atom stereocenters. The third-order valence-corrected chi connectivity index (χ3v) is 4.17. The average Bonchev–Trinajstić information content (AvgIpc) is 2.88. The Labute approximate surface area is 123 Å². The number of amides is 1. The van der Waals surface area contributed by atoms with Crippen molar-refractivity contribution in [2.24, 2.45) is 5.41 Å². The fourth-order valence-electron chi connectivity index (χ4n) is 3.08. The van der Waals surface area contributed by atoms with Crippen LogP contribution in [0.15, 0.2) is 30.3 Å². The summed E-state index contributed by atoms with van der Waals surface area (Å²) in [5.41, 5.74) is -0.455. The van der Waals surface area contributed by atoms with Gasteiger partial charge in [-0.25, -0.2) is 4.79 Å². The number of ether oxygens (including phenoxy) is 1. The first kappa shape index (κ1) is 15.2. The monoisotopic (exact) mass is 289 g/mol. The van der Waals surface area contributed by atoms with Crippen molar-refractivity contribution >= 4 is 17.7 Å². The molecule has 1 N–H and O–H groups in total. The van der Waals surface area contributed by atoms with E-state index in [9.17, 15) is 14.4 Å². The highest BCUT2D eigenvalue weighted by Gasteiger charge is 2.53. The predicted molar refractivity (Wildman–Crippen MR) is 76.7 cm³/mol. The normalized spacial score (nSPS) is 22.7. The van der Waals surface area contributed by atoms with E-state index in [4.69, 9.17) is 0 Å². The number of nitrogens with one attached hydrogen (secondary N) is 1. The third kappa shape index (κ3) is 2.68. The van der Waals surface area contributed by atoms with Crippen LogP contribution in [-0.4, -0.2) is 24.8 Å². The highest BCUT2D eigenvalue weighted by molar-refractivity contribution is 6.08. The molecule has 1 amide bonds. The maximum Gasteiger partial charge on any atom is 0.407 e. The van der Waals surface area contributed by atoms with Crippen molar-refractivity contribution in [3.8, 4) is 0 Å². The van der Waals surface area contributed by atoms with Gasteiger partial charge < -0.3 is 10.1 Å². The van der Waals surface area contributed by atoms with Gasteiger partial charge >= 0.3 is 6.09 Å². The van der Waals surface area contributed by atoms with E-state index < -0.39 is 17.6 Å². The van der Waals surface area contributed by atoms with Gasteiger partial charge in [0.2, 0.25) is 0 Å². The number of carbonyl (C=O) groups excluding carboxylic acids is 3. The summed E-state index contributed by atoms with van der Waals surface area (Å²) < 4.78 is 4.65. The van der Waals surface area contributed by atoms with Crippen molar-refractivity contribution in [3.63, 3.8) is 0 Å². The van der Waals surface area contributed by atoms with E-state index in [0.29, 0.717) is 19.3 Å². The van der Waals surface area contributed by atoms with Crippen molar-refractivity contribution in [3.05, 3.63) is 35.9 Å². The zero-order chi connectivity index (χ0) is 15.5. The lowest BCUT2D eigenvalue weighted by Crippen LogP contribution is -2.47. The molecule has 0 heterocycles. The molecular weight excluding hydrogens is 270 g/mol. The summed E-state index contributed by atoms with van der Waals surface area (Å²) in [4.78, 5) is 36.3. The van der Waals surface area contributed by atoms with Crippen molar-refractivity contribution in [1.29, 1.82) is 0 Å². The van der Waals surface area contributed by atoms with E-state index in [-0.39, 0.29) is 11.6 Å². The minimum atomic E-state index is -1.18. The van der Waals surface area contributed by atoms with E-state index in [1.807, 2.05) is 18.2 Å². The van der Waals surface area contributed by atoms with Crippen LogP contribution in [0.2, 0.25) is 0 Å². The fraction of sp³-hybridized carbons (Fsp3) is 0.438. The van der Waals surface area contributed by atoms with Gasteiger partial charge in [0.1, 0.15) is 17.0 Å². The summed E-state index contributed by atoms with van der Waals surface area (Å²) in [6, 6.07) is 8.38. The Hall–Kier alpha value is -2.17. The summed E-state index contributed by atoms with van der Waals surface area (Å²) in [7, 11) is 1.26. The lowest BCUT2D eigenvalue weighted by Gasteiger charge is -2.34. The number of benzene rings is 1. The third-order valence-electron chi connectivity index (χ3n) is 4.17. The standard InChI is InChI=1S/C16H19NO4/c1-11(18)16(10-6-9-13(16)19)14(17-15(20)21-2)12-7-4-3-5-8-12/h3-5,7-8,14H,6,9-10H2,1-2H3,(H,17,20)/t14?,16-/m0/s1. The second kappa shape index (κ2) is 6.08. The Morgan fingerprint density at radius 3 is 2.43 bits per heavy atom. The first-order valence-electron chi connectivity index (χ1n) is 6.96. The van der Waals surface area contributed by atoms with Crippen LogP contribution >= 0.6 is 0 Å². The van der Waals surface area contributed by atoms with Crippen LogP contribution in [0.1, 0.15) is 37.8 Å². The minimum absolute atomic E-state index is 0.111. The van der Waals surface area contributed by atoms with Crippen LogP contribution < -0.4 is 5.32 Å². The van der Waals surface area contributed by atoms with Crippen LogP contribution in [-0.2, 0) is 14.3 Å². The van der Waals surface area contributed by atoms with E-state index in [2.05, 4.69) is 10.1 Å². The molecule has 0 saturated heterocycles. The van der Waals surface area contributed by atoms with E-state index >= 15 is 0 Å². The first-order chi connectivity index (χ1) is 10.0. The molecule has 5 heteroatoms. The first-order valence-corrected chi connectivity index (χ1v) is 6.96.